The van der Waals surface area contributed by atoms with Crippen molar-refractivity contribution in [1.82, 2.24) is 0 Å². The molecule has 0 N–H and O–H groups in total. The van der Waals surface area contributed by atoms with Crippen molar-refractivity contribution in [2.75, 3.05) is 13.7 Å². The van der Waals surface area contributed by atoms with Gasteiger partial charge in [0.25, 0.3) is 0 Å². The lowest BCUT2D eigenvalue weighted by molar-refractivity contribution is -0.158. The molecule has 0 bridgehead atoms. The van der Waals surface area contributed by atoms with E-state index in [1.165, 1.54) is 7.11 Å². The lowest BCUT2D eigenvalue weighted by Gasteiger charge is -2.18. The van der Waals surface area contributed by atoms with Crippen LogP contribution in [0.2, 0.25) is 0 Å². The van der Waals surface area contributed by atoms with Crippen molar-refractivity contribution in [3.8, 4) is 5.75 Å². The van der Waals surface area contributed by atoms with Crippen LogP contribution in [-0.4, -0.2) is 19.9 Å². The van der Waals surface area contributed by atoms with Gasteiger partial charge in [0.05, 0.1) is 19.1 Å². The number of unbranched alkanes of at least 4 members (excludes halogenated alkanes) is 1. The van der Waals surface area contributed by atoms with Crippen molar-refractivity contribution >= 4 is 0 Å². The summed E-state index contributed by atoms with van der Waals surface area (Å²) in [6, 6.07) is 6.57. The third kappa shape index (κ3) is 5.96. The second-order valence-electron chi connectivity index (χ2n) is 4.31. The molecule has 0 heterocycles. The number of ether oxygens (including phenoxy) is 2. The van der Waals surface area contributed by atoms with Gasteiger partial charge in [-0.15, -0.1) is 0 Å². The average molecular weight is 276 g/mol. The third-order valence-corrected chi connectivity index (χ3v) is 2.72. The molecule has 0 saturated carbocycles. The number of halogens is 3. The Hall–Kier alpha value is -1.23. The van der Waals surface area contributed by atoms with Gasteiger partial charge in [-0.1, -0.05) is 25.5 Å². The van der Waals surface area contributed by atoms with E-state index >= 15 is 0 Å². The van der Waals surface area contributed by atoms with Gasteiger partial charge in [0.15, 0.2) is 0 Å². The maximum atomic E-state index is 12.4. The summed E-state index contributed by atoms with van der Waals surface area (Å²) in [6.07, 6.45) is -4.20. The number of benzene rings is 1. The van der Waals surface area contributed by atoms with Gasteiger partial charge in [-0.05, 0) is 24.1 Å². The molecule has 0 spiro atoms. The Morgan fingerprint density at radius 3 is 2.26 bits per heavy atom. The molecule has 0 amide bonds. The van der Waals surface area contributed by atoms with Crippen LogP contribution < -0.4 is 4.74 Å². The van der Waals surface area contributed by atoms with E-state index in [4.69, 9.17) is 9.47 Å². The Morgan fingerprint density at radius 1 is 1.16 bits per heavy atom. The van der Waals surface area contributed by atoms with Crippen LogP contribution in [0.4, 0.5) is 13.2 Å². The normalized spacial score (nSPS) is 13.3. The molecule has 0 saturated heterocycles. The van der Waals surface area contributed by atoms with Crippen LogP contribution in [0.5, 0.6) is 5.75 Å². The highest BCUT2D eigenvalue weighted by Gasteiger charge is 2.32. The Labute approximate surface area is 111 Å². The Kier molecular flexibility index (Phi) is 6.15. The molecule has 1 aromatic carbocycles. The molecule has 0 aliphatic heterocycles. The van der Waals surface area contributed by atoms with Crippen LogP contribution in [-0.2, 0) is 4.74 Å². The van der Waals surface area contributed by atoms with E-state index in [9.17, 15) is 13.2 Å². The maximum absolute atomic E-state index is 12.4. The predicted octanol–water partition coefficient (Wildman–Crippen LogP) is 4.51. The Balaban J connectivity index is 2.62. The zero-order valence-corrected chi connectivity index (χ0v) is 11.2. The third-order valence-electron chi connectivity index (χ3n) is 2.72. The summed E-state index contributed by atoms with van der Waals surface area (Å²) in [7, 11) is 1.28. The quantitative estimate of drug-likeness (QED) is 0.682. The fourth-order valence-electron chi connectivity index (χ4n) is 1.66. The highest BCUT2D eigenvalue weighted by Crippen LogP contribution is 2.32. The summed E-state index contributed by atoms with van der Waals surface area (Å²) in [6.45, 7) is 2.68. The van der Waals surface area contributed by atoms with E-state index in [2.05, 4.69) is 6.92 Å². The first-order valence-electron chi connectivity index (χ1n) is 6.28. The second kappa shape index (κ2) is 7.38. The van der Waals surface area contributed by atoms with Gasteiger partial charge in [0.1, 0.15) is 5.75 Å². The molecule has 19 heavy (non-hydrogen) atoms. The molecule has 0 aromatic heterocycles. The van der Waals surface area contributed by atoms with E-state index in [-0.39, 0.29) is 0 Å². The largest absolute Gasteiger partial charge is 0.494 e. The minimum Gasteiger partial charge on any atom is -0.494 e. The van der Waals surface area contributed by atoms with Crippen molar-refractivity contribution in [3.05, 3.63) is 29.8 Å². The number of methoxy groups -OCH3 is 1. The summed E-state index contributed by atoms with van der Waals surface area (Å²) in [5, 5.41) is 0. The summed E-state index contributed by atoms with van der Waals surface area (Å²) in [4.78, 5) is 0. The molecular weight excluding hydrogens is 257 g/mol. The topological polar surface area (TPSA) is 18.5 Å². The van der Waals surface area contributed by atoms with E-state index in [0.717, 1.165) is 12.8 Å². The smallest absolute Gasteiger partial charge is 0.391 e. The van der Waals surface area contributed by atoms with Gasteiger partial charge >= 0.3 is 6.18 Å². The van der Waals surface area contributed by atoms with Gasteiger partial charge in [-0.25, -0.2) is 0 Å². The molecule has 0 aliphatic rings. The first kappa shape index (κ1) is 15.8. The lowest BCUT2D eigenvalue weighted by atomic mass is 10.1. The second-order valence-corrected chi connectivity index (χ2v) is 4.31. The molecule has 1 aromatic rings. The van der Waals surface area contributed by atoms with Crippen LogP contribution in [0.3, 0.4) is 0 Å². The molecule has 2 nitrogen and oxygen atoms in total. The Morgan fingerprint density at radius 2 is 1.79 bits per heavy atom. The summed E-state index contributed by atoms with van der Waals surface area (Å²) in [5.41, 5.74) is 0.502. The van der Waals surface area contributed by atoms with E-state index in [0.29, 0.717) is 17.9 Å². The SMILES string of the molecule is CCCCOc1ccc(C(CC(F)(F)F)OC)cc1. The van der Waals surface area contributed by atoms with E-state index in [1.807, 2.05) is 0 Å². The van der Waals surface area contributed by atoms with Crippen LogP contribution in [0.15, 0.2) is 24.3 Å². The van der Waals surface area contributed by atoms with Crippen LogP contribution in [0.25, 0.3) is 0 Å². The lowest BCUT2D eigenvalue weighted by Crippen LogP contribution is -2.15. The van der Waals surface area contributed by atoms with Crippen molar-refractivity contribution in [1.29, 1.82) is 0 Å². The zero-order valence-electron chi connectivity index (χ0n) is 11.2. The summed E-state index contributed by atoms with van der Waals surface area (Å²) < 4.78 is 47.4. The molecule has 1 rings (SSSR count). The summed E-state index contributed by atoms with van der Waals surface area (Å²) >= 11 is 0. The van der Waals surface area contributed by atoms with Crippen LogP contribution in [0.1, 0.15) is 37.9 Å². The van der Waals surface area contributed by atoms with E-state index in [1.54, 1.807) is 24.3 Å². The number of rotatable bonds is 7. The minimum absolute atomic E-state index is 0.502. The van der Waals surface area contributed by atoms with Crippen LogP contribution in [0, 0.1) is 0 Å². The standard InChI is InChI=1S/C14H19F3O2/c1-3-4-9-19-12-7-5-11(6-8-12)13(18-2)10-14(15,16)17/h5-8,13H,3-4,9-10H2,1-2H3. The number of alkyl halides is 3. The zero-order chi connectivity index (χ0) is 14.3. The molecule has 1 unspecified atom stereocenters. The van der Waals surface area contributed by atoms with Crippen molar-refractivity contribution in [2.45, 2.75) is 38.5 Å². The average Bonchev–Trinajstić information content (AvgIpc) is 2.36. The van der Waals surface area contributed by atoms with Crippen molar-refractivity contribution in [3.63, 3.8) is 0 Å². The fraction of sp³-hybridized carbons (Fsp3) is 0.571. The summed E-state index contributed by atoms with van der Waals surface area (Å²) in [5.74, 6) is 0.666. The molecule has 108 valence electrons. The van der Waals surface area contributed by atoms with Gasteiger partial charge in [-0.3, -0.25) is 0 Å². The van der Waals surface area contributed by atoms with Crippen molar-refractivity contribution in [2.24, 2.45) is 0 Å². The highest BCUT2D eigenvalue weighted by atomic mass is 19.4. The van der Waals surface area contributed by atoms with Crippen molar-refractivity contribution < 1.29 is 22.6 Å². The molecule has 0 fully saturated rings. The molecule has 5 heteroatoms. The fourth-order valence-corrected chi connectivity index (χ4v) is 1.66. The Bertz CT molecular complexity index is 360. The highest BCUT2D eigenvalue weighted by molar-refractivity contribution is 5.28. The van der Waals surface area contributed by atoms with Gasteiger partial charge in [-0.2, -0.15) is 13.2 Å². The first-order chi connectivity index (χ1) is 8.96. The molecule has 0 radical (unpaired) electrons. The van der Waals surface area contributed by atoms with Gasteiger partial charge < -0.3 is 9.47 Å². The minimum atomic E-state index is -4.24. The molecular formula is C14H19F3O2. The monoisotopic (exact) mass is 276 g/mol. The van der Waals surface area contributed by atoms with Gasteiger partial charge in [0, 0.05) is 7.11 Å². The number of hydrogen-bond acceptors (Lipinski definition) is 2. The first-order valence-corrected chi connectivity index (χ1v) is 6.28. The van der Waals surface area contributed by atoms with Crippen LogP contribution >= 0.6 is 0 Å². The van der Waals surface area contributed by atoms with E-state index < -0.39 is 18.7 Å². The van der Waals surface area contributed by atoms with Gasteiger partial charge in [0.2, 0.25) is 0 Å². The molecule has 1 atom stereocenters. The number of hydrogen-bond donors (Lipinski definition) is 0. The maximum Gasteiger partial charge on any atom is 0.391 e. The predicted molar refractivity (Wildman–Crippen MR) is 67.3 cm³/mol. The molecule has 0 aliphatic carbocycles.